The Balaban J connectivity index is 1.81. The first-order chi connectivity index (χ1) is 14.6. The van der Waals surface area contributed by atoms with Gasteiger partial charge in [-0.25, -0.2) is 0 Å². The van der Waals surface area contributed by atoms with E-state index in [-0.39, 0.29) is 17.7 Å². The molecule has 4 rings (SSSR count). The third-order valence-corrected chi connectivity index (χ3v) is 6.66. The van der Waals surface area contributed by atoms with Gasteiger partial charge in [0.2, 0.25) is 0 Å². The molecule has 0 aromatic heterocycles. The number of hydrogen-bond donors (Lipinski definition) is 1. The fraction of sp³-hybridized carbons (Fsp3) is 0.440. The third kappa shape index (κ3) is 3.93. The summed E-state index contributed by atoms with van der Waals surface area (Å²) in [5.74, 6) is 0.0838. The smallest absolute Gasteiger partial charge is 0.252 e. The maximum atomic E-state index is 13.1. The molecule has 156 valence electrons. The Labute approximate surface area is 176 Å². The molecule has 2 saturated carbocycles. The normalized spacial score (nSPS) is 17.3. The molecule has 0 radical (unpaired) electrons. The molecule has 2 aliphatic rings. The lowest BCUT2D eigenvalue weighted by atomic mass is 9.88. The molecule has 2 aromatic rings. The van der Waals surface area contributed by atoms with E-state index in [1.165, 1.54) is 0 Å². The van der Waals surface area contributed by atoms with Crippen molar-refractivity contribution in [2.24, 2.45) is 5.92 Å². The Morgan fingerprint density at radius 1 is 0.800 bits per heavy atom. The molecule has 5 nitrogen and oxygen atoms in total. The summed E-state index contributed by atoms with van der Waals surface area (Å²) in [6.45, 7) is 0. The average Bonchev–Trinajstić information content (AvgIpc) is 3.46. The molecule has 0 bridgehead atoms. The number of Topliss-reactive ketones (excluding diaryl/α,β-unsaturated/α-hetero) is 1. The first-order valence-electron chi connectivity index (χ1n) is 11.0. The average molecular weight is 405 g/mol. The van der Waals surface area contributed by atoms with E-state index in [0.29, 0.717) is 57.9 Å². The molecular weight excluding hydrogens is 378 g/mol. The van der Waals surface area contributed by atoms with Gasteiger partial charge < -0.3 is 5.32 Å². The first-order valence-corrected chi connectivity index (χ1v) is 11.0. The largest absolute Gasteiger partial charge is 0.349 e. The molecular formula is C25H27NO4. The number of rotatable bonds is 7. The predicted molar refractivity (Wildman–Crippen MR) is 115 cm³/mol. The summed E-state index contributed by atoms with van der Waals surface area (Å²) < 4.78 is 0. The lowest BCUT2D eigenvalue weighted by molar-refractivity contribution is 0.0934. The second kappa shape index (κ2) is 8.90. The quantitative estimate of drug-likeness (QED) is 0.525. The third-order valence-electron chi connectivity index (χ3n) is 6.66. The number of ketones is 1. The summed E-state index contributed by atoms with van der Waals surface area (Å²) in [5, 5.41) is 3.89. The minimum Gasteiger partial charge on any atom is -0.349 e. The zero-order chi connectivity index (χ0) is 21.1. The van der Waals surface area contributed by atoms with Crippen LogP contribution in [0.15, 0.2) is 24.3 Å². The standard InChI is InChI=1S/C25H27NO4/c27-14-17-9-10-18(15-28)24-21(25(30)26-19-7-3-4-8-19)12-11-20(23(17)24)22(29)13-16-5-1-2-6-16/h9-12,14-16,19H,1-8,13H2,(H,26,30). The fourth-order valence-corrected chi connectivity index (χ4v) is 5.09. The zero-order valence-electron chi connectivity index (χ0n) is 17.1. The fourth-order valence-electron chi connectivity index (χ4n) is 5.09. The highest BCUT2D eigenvalue weighted by molar-refractivity contribution is 6.21. The van der Waals surface area contributed by atoms with Crippen LogP contribution in [0.25, 0.3) is 10.8 Å². The number of fused-ring (bicyclic) bond motifs is 1. The number of aldehydes is 2. The monoisotopic (exact) mass is 405 g/mol. The highest BCUT2D eigenvalue weighted by atomic mass is 16.2. The van der Waals surface area contributed by atoms with Crippen molar-refractivity contribution in [3.63, 3.8) is 0 Å². The molecule has 0 spiro atoms. The van der Waals surface area contributed by atoms with E-state index in [0.717, 1.165) is 51.4 Å². The maximum absolute atomic E-state index is 13.1. The van der Waals surface area contributed by atoms with E-state index in [1.807, 2.05) is 0 Å². The number of carbonyl (C=O) groups is 4. The minimum atomic E-state index is -0.257. The van der Waals surface area contributed by atoms with Crippen LogP contribution in [0.5, 0.6) is 0 Å². The van der Waals surface area contributed by atoms with Crippen LogP contribution in [0.1, 0.15) is 99.2 Å². The molecule has 0 aliphatic heterocycles. The van der Waals surface area contributed by atoms with Crippen molar-refractivity contribution in [3.8, 4) is 0 Å². The lowest BCUT2D eigenvalue weighted by Gasteiger charge is -2.17. The van der Waals surface area contributed by atoms with Crippen molar-refractivity contribution in [3.05, 3.63) is 46.5 Å². The van der Waals surface area contributed by atoms with E-state index >= 15 is 0 Å². The van der Waals surface area contributed by atoms with Gasteiger partial charge in [-0.1, -0.05) is 50.7 Å². The molecule has 1 N–H and O–H groups in total. The maximum Gasteiger partial charge on any atom is 0.252 e. The van der Waals surface area contributed by atoms with Crippen LogP contribution < -0.4 is 5.32 Å². The summed E-state index contributed by atoms with van der Waals surface area (Å²) in [4.78, 5) is 49.8. The van der Waals surface area contributed by atoms with Gasteiger partial charge in [0.1, 0.15) is 0 Å². The molecule has 2 aromatic carbocycles. The van der Waals surface area contributed by atoms with Crippen LogP contribution in [0.3, 0.4) is 0 Å². The molecule has 5 heteroatoms. The number of carbonyl (C=O) groups excluding carboxylic acids is 4. The molecule has 0 atom stereocenters. The van der Waals surface area contributed by atoms with Crippen LogP contribution in [0.4, 0.5) is 0 Å². The highest BCUT2D eigenvalue weighted by Gasteiger charge is 2.25. The van der Waals surface area contributed by atoms with Crippen molar-refractivity contribution in [1.82, 2.24) is 5.32 Å². The Kier molecular flexibility index (Phi) is 6.07. The van der Waals surface area contributed by atoms with Crippen LogP contribution in [0, 0.1) is 5.92 Å². The van der Waals surface area contributed by atoms with E-state index in [2.05, 4.69) is 5.32 Å². The molecule has 1 amide bonds. The van der Waals surface area contributed by atoms with Crippen LogP contribution in [-0.2, 0) is 0 Å². The summed E-state index contributed by atoms with van der Waals surface area (Å²) in [6, 6.07) is 6.53. The number of benzene rings is 2. The van der Waals surface area contributed by atoms with Gasteiger partial charge in [0.25, 0.3) is 5.91 Å². The van der Waals surface area contributed by atoms with Crippen LogP contribution in [-0.4, -0.2) is 30.3 Å². The van der Waals surface area contributed by atoms with Gasteiger partial charge in [-0.05, 0) is 30.9 Å². The van der Waals surface area contributed by atoms with Crippen molar-refractivity contribution in [1.29, 1.82) is 0 Å². The van der Waals surface area contributed by atoms with Gasteiger partial charge in [-0.2, -0.15) is 0 Å². The van der Waals surface area contributed by atoms with Gasteiger partial charge >= 0.3 is 0 Å². The second-order valence-electron chi connectivity index (χ2n) is 8.62. The van der Waals surface area contributed by atoms with E-state index in [9.17, 15) is 19.2 Å². The van der Waals surface area contributed by atoms with Gasteiger partial charge in [0.05, 0.1) is 0 Å². The Morgan fingerprint density at radius 3 is 1.93 bits per heavy atom. The van der Waals surface area contributed by atoms with Gasteiger partial charge in [-0.3, -0.25) is 19.2 Å². The van der Waals surface area contributed by atoms with Gasteiger partial charge in [-0.15, -0.1) is 0 Å². The summed E-state index contributed by atoms with van der Waals surface area (Å²) in [7, 11) is 0. The van der Waals surface area contributed by atoms with Crippen LogP contribution >= 0.6 is 0 Å². The molecule has 30 heavy (non-hydrogen) atoms. The highest BCUT2D eigenvalue weighted by Crippen LogP contribution is 2.33. The van der Waals surface area contributed by atoms with Crippen LogP contribution in [0.2, 0.25) is 0 Å². The predicted octanol–water partition coefficient (Wildman–Crippen LogP) is 4.90. The number of nitrogens with one attached hydrogen (secondary N) is 1. The summed E-state index contributed by atoms with van der Waals surface area (Å²) in [6.07, 6.45) is 10.3. The van der Waals surface area contributed by atoms with E-state index in [4.69, 9.17) is 0 Å². The molecule has 2 aliphatic carbocycles. The Bertz CT molecular complexity index is 917. The molecule has 0 heterocycles. The van der Waals surface area contributed by atoms with Crippen molar-refractivity contribution < 1.29 is 19.2 Å². The van der Waals surface area contributed by atoms with Gasteiger partial charge in [0, 0.05) is 45.5 Å². The van der Waals surface area contributed by atoms with Crippen molar-refractivity contribution in [2.75, 3.05) is 0 Å². The van der Waals surface area contributed by atoms with Gasteiger partial charge in [0.15, 0.2) is 18.4 Å². The number of hydrogen-bond acceptors (Lipinski definition) is 4. The molecule has 0 saturated heterocycles. The topological polar surface area (TPSA) is 80.3 Å². The van der Waals surface area contributed by atoms with Crippen molar-refractivity contribution in [2.45, 2.75) is 63.8 Å². The minimum absolute atomic E-state index is 0.0270. The second-order valence-corrected chi connectivity index (χ2v) is 8.62. The Hall–Kier alpha value is -2.82. The first kappa shape index (κ1) is 20.5. The number of amides is 1. The lowest BCUT2D eigenvalue weighted by Crippen LogP contribution is -2.32. The Morgan fingerprint density at radius 2 is 1.33 bits per heavy atom. The van der Waals surface area contributed by atoms with E-state index < -0.39 is 0 Å². The SMILES string of the molecule is O=Cc1ccc(C=O)c2c(C(=O)NC3CCCC3)ccc(C(=O)CC3CCCC3)c12. The molecule has 0 unspecified atom stereocenters. The zero-order valence-corrected chi connectivity index (χ0v) is 17.1. The molecule has 2 fully saturated rings. The summed E-state index contributed by atoms with van der Waals surface area (Å²) >= 11 is 0. The summed E-state index contributed by atoms with van der Waals surface area (Å²) in [5.41, 5.74) is 1.43. The van der Waals surface area contributed by atoms with E-state index in [1.54, 1.807) is 24.3 Å². The van der Waals surface area contributed by atoms with Crippen molar-refractivity contribution >= 4 is 35.0 Å².